The van der Waals surface area contributed by atoms with Gasteiger partial charge in [0, 0.05) is 11.1 Å². The van der Waals surface area contributed by atoms with Gasteiger partial charge >= 0.3 is 0 Å². The van der Waals surface area contributed by atoms with Crippen molar-refractivity contribution in [3.05, 3.63) is 112 Å². The van der Waals surface area contributed by atoms with E-state index in [1.807, 2.05) is 54.6 Å². The summed E-state index contributed by atoms with van der Waals surface area (Å²) in [6.07, 6.45) is 1.33. The molecule has 0 atom stereocenters. The van der Waals surface area contributed by atoms with Crippen molar-refractivity contribution < 1.29 is 9.53 Å². The van der Waals surface area contributed by atoms with E-state index in [4.69, 9.17) is 4.74 Å². The second kappa shape index (κ2) is 8.87. The molecule has 3 aromatic carbocycles. The lowest BCUT2D eigenvalue weighted by Crippen LogP contribution is -2.19. The maximum atomic E-state index is 12.3. The highest BCUT2D eigenvalue weighted by Gasteiger charge is 2.05. The molecule has 1 aromatic heterocycles. The number of aromatic amines is 1. The zero-order chi connectivity index (χ0) is 20.8. The van der Waals surface area contributed by atoms with E-state index in [0.717, 1.165) is 16.5 Å². The van der Waals surface area contributed by atoms with Crippen molar-refractivity contribution in [1.29, 1.82) is 0 Å². The van der Waals surface area contributed by atoms with E-state index < -0.39 is 0 Å². The summed E-state index contributed by atoms with van der Waals surface area (Å²) in [4.78, 5) is 27.2. The number of benzene rings is 3. The summed E-state index contributed by atoms with van der Waals surface area (Å²) in [5.74, 6) is 0.291. The third-order valence-electron chi connectivity index (χ3n) is 4.52. The van der Waals surface area contributed by atoms with Crippen molar-refractivity contribution in [2.24, 2.45) is 5.10 Å². The number of para-hydroxylation sites is 1. The number of pyridine rings is 1. The number of H-pyrrole nitrogens is 1. The Balaban J connectivity index is 1.37. The Morgan fingerprint density at radius 1 is 0.967 bits per heavy atom. The molecule has 0 bridgehead atoms. The van der Waals surface area contributed by atoms with Crippen LogP contribution >= 0.6 is 0 Å². The zero-order valence-corrected chi connectivity index (χ0v) is 16.0. The third-order valence-corrected chi connectivity index (χ3v) is 4.52. The number of carbonyl (C=O) groups is 1. The standard InChI is InChI=1S/C24H19N3O3/c28-23-20(14-19-8-4-5-9-22(19)26-23)15-25-27-24(29)18-10-12-21(13-11-18)30-16-17-6-2-1-3-7-17/h1-15H,16H2,(H,26,28)(H,27,29)/b25-15+. The van der Waals surface area contributed by atoms with Crippen LogP contribution in [0.4, 0.5) is 0 Å². The van der Waals surface area contributed by atoms with Crippen LogP contribution < -0.4 is 15.7 Å². The summed E-state index contributed by atoms with van der Waals surface area (Å²) >= 11 is 0. The van der Waals surface area contributed by atoms with Gasteiger partial charge in [-0.2, -0.15) is 5.10 Å². The third kappa shape index (κ3) is 4.62. The molecule has 4 aromatic rings. The molecule has 0 unspecified atom stereocenters. The quantitative estimate of drug-likeness (QED) is 0.383. The summed E-state index contributed by atoms with van der Waals surface area (Å²) in [6.45, 7) is 0.455. The first kappa shape index (κ1) is 19.1. The first-order valence-electron chi connectivity index (χ1n) is 9.41. The second-order valence-electron chi connectivity index (χ2n) is 6.64. The van der Waals surface area contributed by atoms with Crippen LogP contribution in [0.3, 0.4) is 0 Å². The molecular weight excluding hydrogens is 378 g/mol. The minimum Gasteiger partial charge on any atom is -0.489 e. The highest BCUT2D eigenvalue weighted by Crippen LogP contribution is 2.14. The first-order chi connectivity index (χ1) is 14.7. The summed E-state index contributed by atoms with van der Waals surface area (Å²) < 4.78 is 5.71. The fraction of sp³-hybridized carbons (Fsp3) is 0.0417. The average molecular weight is 397 g/mol. The number of hydrogen-bond acceptors (Lipinski definition) is 4. The van der Waals surface area contributed by atoms with E-state index in [1.54, 1.807) is 30.3 Å². The van der Waals surface area contributed by atoms with Gasteiger partial charge in [0.05, 0.1) is 11.8 Å². The number of nitrogens with zero attached hydrogens (tertiary/aromatic N) is 1. The molecule has 0 saturated heterocycles. The number of ether oxygens (including phenoxy) is 1. The van der Waals surface area contributed by atoms with Gasteiger partial charge in [0.1, 0.15) is 12.4 Å². The number of carbonyl (C=O) groups excluding carboxylic acids is 1. The molecule has 0 spiro atoms. The highest BCUT2D eigenvalue weighted by atomic mass is 16.5. The Kier molecular flexibility index (Phi) is 5.66. The SMILES string of the molecule is O=C(N/N=C/c1cc2ccccc2[nH]c1=O)c1ccc(OCc2ccccc2)cc1. The normalized spacial score (nSPS) is 10.9. The average Bonchev–Trinajstić information content (AvgIpc) is 2.79. The fourth-order valence-corrected chi connectivity index (χ4v) is 2.93. The molecule has 0 radical (unpaired) electrons. The topological polar surface area (TPSA) is 83.5 Å². The zero-order valence-electron chi connectivity index (χ0n) is 16.0. The molecule has 6 heteroatoms. The highest BCUT2D eigenvalue weighted by molar-refractivity contribution is 5.95. The predicted octanol–water partition coefficient (Wildman–Crippen LogP) is 3.87. The van der Waals surface area contributed by atoms with Crippen molar-refractivity contribution >= 4 is 23.0 Å². The summed E-state index contributed by atoms with van der Waals surface area (Å²) in [7, 11) is 0. The minimum absolute atomic E-state index is 0.272. The van der Waals surface area contributed by atoms with Gasteiger partial charge in [0.25, 0.3) is 11.5 Å². The molecule has 6 nitrogen and oxygen atoms in total. The maximum Gasteiger partial charge on any atom is 0.271 e. The number of nitrogens with one attached hydrogen (secondary N) is 2. The van der Waals surface area contributed by atoms with Crippen LogP contribution in [0.1, 0.15) is 21.5 Å². The molecule has 148 valence electrons. The van der Waals surface area contributed by atoms with Crippen molar-refractivity contribution in [3.63, 3.8) is 0 Å². The van der Waals surface area contributed by atoms with E-state index in [9.17, 15) is 9.59 Å². The van der Waals surface area contributed by atoms with Gasteiger partial charge in [0.15, 0.2) is 0 Å². The number of hydrogen-bond donors (Lipinski definition) is 2. The van der Waals surface area contributed by atoms with E-state index in [0.29, 0.717) is 23.5 Å². The smallest absolute Gasteiger partial charge is 0.271 e. The van der Waals surface area contributed by atoms with Crippen LogP contribution in [0.2, 0.25) is 0 Å². The molecule has 1 heterocycles. The summed E-state index contributed by atoms with van der Waals surface area (Å²) in [5.41, 5.74) is 4.78. The molecule has 2 N–H and O–H groups in total. The summed E-state index contributed by atoms with van der Waals surface area (Å²) in [6, 6.07) is 25.8. The lowest BCUT2D eigenvalue weighted by atomic mass is 10.2. The van der Waals surface area contributed by atoms with Gasteiger partial charge in [-0.05, 0) is 47.3 Å². The molecule has 0 aliphatic carbocycles. The molecule has 0 aliphatic rings. The van der Waals surface area contributed by atoms with Gasteiger partial charge < -0.3 is 9.72 Å². The Hall–Kier alpha value is -4.19. The Morgan fingerprint density at radius 3 is 2.50 bits per heavy atom. The lowest BCUT2D eigenvalue weighted by Gasteiger charge is -2.07. The van der Waals surface area contributed by atoms with Crippen LogP contribution in [-0.4, -0.2) is 17.1 Å². The summed E-state index contributed by atoms with van der Waals surface area (Å²) in [5, 5.41) is 4.79. The molecule has 0 saturated carbocycles. The molecule has 0 aliphatic heterocycles. The molecule has 1 amide bonds. The molecule has 0 fully saturated rings. The number of fused-ring (bicyclic) bond motifs is 1. The van der Waals surface area contributed by atoms with Gasteiger partial charge in [-0.1, -0.05) is 48.5 Å². The molecule has 30 heavy (non-hydrogen) atoms. The van der Waals surface area contributed by atoms with E-state index in [2.05, 4.69) is 15.5 Å². The largest absolute Gasteiger partial charge is 0.489 e. The lowest BCUT2D eigenvalue weighted by molar-refractivity contribution is 0.0955. The number of amides is 1. The minimum atomic E-state index is -0.377. The van der Waals surface area contributed by atoms with Crippen LogP contribution in [-0.2, 0) is 6.61 Å². The van der Waals surface area contributed by atoms with E-state index in [1.165, 1.54) is 6.21 Å². The van der Waals surface area contributed by atoms with E-state index in [-0.39, 0.29) is 11.5 Å². The van der Waals surface area contributed by atoms with Crippen LogP contribution in [0.25, 0.3) is 10.9 Å². The first-order valence-corrected chi connectivity index (χ1v) is 9.41. The second-order valence-corrected chi connectivity index (χ2v) is 6.64. The molecular formula is C24H19N3O3. The number of rotatable bonds is 6. The van der Waals surface area contributed by atoms with Gasteiger partial charge in [-0.15, -0.1) is 0 Å². The Labute approximate surface area is 172 Å². The monoisotopic (exact) mass is 397 g/mol. The van der Waals surface area contributed by atoms with Crippen molar-refractivity contribution in [1.82, 2.24) is 10.4 Å². The maximum absolute atomic E-state index is 12.3. The van der Waals surface area contributed by atoms with Crippen molar-refractivity contribution in [3.8, 4) is 5.75 Å². The number of aromatic nitrogens is 1. The Bertz CT molecular complexity index is 1250. The van der Waals surface area contributed by atoms with Crippen molar-refractivity contribution in [2.45, 2.75) is 6.61 Å². The predicted molar refractivity (Wildman–Crippen MR) is 117 cm³/mol. The van der Waals surface area contributed by atoms with Crippen LogP contribution in [0, 0.1) is 0 Å². The van der Waals surface area contributed by atoms with E-state index >= 15 is 0 Å². The van der Waals surface area contributed by atoms with Crippen LogP contribution in [0.15, 0.2) is 94.8 Å². The van der Waals surface area contributed by atoms with Crippen LogP contribution in [0.5, 0.6) is 5.75 Å². The van der Waals surface area contributed by atoms with Gasteiger partial charge in [-0.3, -0.25) is 9.59 Å². The Morgan fingerprint density at radius 2 is 1.70 bits per heavy atom. The van der Waals surface area contributed by atoms with Gasteiger partial charge in [-0.25, -0.2) is 5.43 Å². The number of hydrazone groups is 1. The van der Waals surface area contributed by atoms with Crippen molar-refractivity contribution in [2.75, 3.05) is 0 Å². The molecule has 4 rings (SSSR count). The van der Waals surface area contributed by atoms with Gasteiger partial charge in [0.2, 0.25) is 0 Å². The fourth-order valence-electron chi connectivity index (χ4n) is 2.93.